The molecule has 0 radical (unpaired) electrons. The second-order valence-electron chi connectivity index (χ2n) is 8.17. The van der Waals surface area contributed by atoms with Gasteiger partial charge in [-0.3, -0.25) is 0 Å². The van der Waals surface area contributed by atoms with Crippen LogP contribution in [0, 0.1) is 27.7 Å². The summed E-state index contributed by atoms with van der Waals surface area (Å²) < 4.78 is 37.5. The summed E-state index contributed by atoms with van der Waals surface area (Å²) in [6.07, 6.45) is -4.29. The Kier molecular flexibility index (Phi) is 9.48. The van der Waals surface area contributed by atoms with Gasteiger partial charge in [-0.25, -0.2) is 0 Å². The second kappa shape index (κ2) is 11.4. The molecule has 0 saturated carbocycles. The van der Waals surface area contributed by atoms with E-state index in [1.807, 2.05) is 36.4 Å². The van der Waals surface area contributed by atoms with Gasteiger partial charge in [-0.2, -0.15) is 41.5 Å². The van der Waals surface area contributed by atoms with Gasteiger partial charge in [0.05, 0.1) is 5.56 Å². The van der Waals surface area contributed by atoms with Crippen molar-refractivity contribution in [2.45, 2.75) is 47.0 Å². The van der Waals surface area contributed by atoms with Crippen molar-refractivity contribution in [2.75, 3.05) is 0 Å². The molecule has 0 amide bonds. The third-order valence-corrected chi connectivity index (χ3v) is 5.38. The fourth-order valence-corrected chi connectivity index (χ4v) is 3.37. The molecule has 0 bridgehead atoms. The van der Waals surface area contributed by atoms with E-state index in [9.17, 15) is 13.2 Å². The Morgan fingerprint density at radius 1 is 0.812 bits per heavy atom. The molecule has 0 aliphatic heterocycles. The van der Waals surface area contributed by atoms with E-state index < -0.39 is 11.7 Å². The third-order valence-electron chi connectivity index (χ3n) is 5.38. The summed E-state index contributed by atoms with van der Waals surface area (Å²) in [5.74, 6) is 0. The molecule has 0 N–H and O–H groups in total. The minimum absolute atomic E-state index is 0.210. The third kappa shape index (κ3) is 7.15. The largest absolute Gasteiger partial charge is 0.416 e. The molecule has 4 rings (SSSR count). The fourth-order valence-electron chi connectivity index (χ4n) is 3.37. The van der Waals surface area contributed by atoms with Gasteiger partial charge in [0.15, 0.2) is 0 Å². The average molecular weight is 530 g/mol. The van der Waals surface area contributed by atoms with Crippen molar-refractivity contribution in [1.82, 2.24) is 0 Å². The van der Waals surface area contributed by atoms with Crippen LogP contribution in [0.5, 0.6) is 0 Å². The molecule has 0 aromatic heterocycles. The summed E-state index contributed by atoms with van der Waals surface area (Å²) in [6, 6.07) is 19.3. The molecule has 4 aromatic rings. The summed E-state index contributed by atoms with van der Waals surface area (Å²) in [5.41, 5.74) is 7.10. The number of halogens is 3. The van der Waals surface area contributed by atoms with Gasteiger partial charge in [-0.05, 0) is 0 Å². The first-order valence-corrected chi connectivity index (χ1v) is 16.6. The van der Waals surface area contributed by atoms with Crippen LogP contribution in [0.15, 0.2) is 66.7 Å². The Morgan fingerprint density at radius 2 is 1.31 bits per heavy atom. The van der Waals surface area contributed by atoms with Crippen molar-refractivity contribution >= 4 is 16.2 Å². The summed E-state index contributed by atoms with van der Waals surface area (Å²) >= 11 is 1.74. The molecule has 0 unspecified atom stereocenters. The number of aryl methyl sites for hydroxylation is 2. The molecular formula is C27H29F3SiZr. The number of hydrogen-bond acceptors (Lipinski definition) is 0. The molecule has 166 valence electrons. The van der Waals surface area contributed by atoms with Crippen molar-refractivity contribution < 1.29 is 36.5 Å². The summed E-state index contributed by atoms with van der Waals surface area (Å²) in [4.78, 5) is 0. The van der Waals surface area contributed by atoms with Crippen molar-refractivity contribution in [1.29, 1.82) is 0 Å². The van der Waals surface area contributed by atoms with E-state index in [1.54, 1.807) is 23.3 Å². The van der Waals surface area contributed by atoms with Crippen LogP contribution in [-0.2, 0) is 29.5 Å². The molecule has 0 atom stereocenters. The van der Waals surface area contributed by atoms with Crippen LogP contribution in [0.25, 0.3) is 21.9 Å². The van der Waals surface area contributed by atoms with Crippen LogP contribution in [0.2, 0.25) is 13.1 Å². The number of benzene rings is 2. The van der Waals surface area contributed by atoms with Gasteiger partial charge >= 0.3 is 48.0 Å². The van der Waals surface area contributed by atoms with Crippen molar-refractivity contribution in [3.05, 3.63) is 94.5 Å². The Labute approximate surface area is 204 Å². The van der Waals surface area contributed by atoms with Crippen LogP contribution in [-0.4, -0.2) is 5.43 Å². The Morgan fingerprint density at radius 3 is 1.75 bits per heavy atom. The maximum absolute atomic E-state index is 12.5. The average Bonchev–Trinajstić information content (AvgIpc) is 3.24. The standard InChI is InChI=1S/C16H10F3.C9H13.C2H6Si.Zr/c17-16(18,19)13-8-5-12(6-9-13)15-10-7-11-3-1-2-4-14(11)15;1-6-5-7(2)9(4)8(6)3;1-3-2;/h1-10H;5H,1-4H3;1-2H3;/q2*-1;;+2. The summed E-state index contributed by atoms with van der Waals surface area (Å²) in [6.45, 7) is 13.3. The van der Waals surface area contributed by atoms with Crippen LogP contribution in [0.3, 0.4) is 0 Å². The van der Waals surface area contributed by atoms with E-state index in [0.29, 0.717) is 0 Å². The quantitative estimate of drug-likeness (QED) is 0.171. The number of fused-ring (bicyclic) bond motifs is 1. The number of hydrogen-bond donors (Lipinski definition) is 0. The minimum Gasteiger partial charge on any atom is -0.196 e. The first kappa shape index (κ1) is 26.5. The van der Waals surface area contributed by atoms with E-state index in [4.69, 9.17) is 0 Å². The zero-order valence-electron chi connectivity index (χ0n) is 19.5. The minimum atomic E-state index is -4.29. The van der Waals surface area contributed by atoms with Gasteiger partial charge in [0, 0.05) is 0 Å². The summed E-state index contributed by atoms with van der Waals surface area (Å²) in [7, 11) is 0. The van der Waals surface area contributed by atoms with Crippen LogP contribution in [0.4, 0.5) is 13.2 Å². The molecule has 4 aromatic carbocycles. The van der Waals surface area contributed by atoms with Crippen molar-refractivity contribution in [3.63, 3.8) is 0 Å². The Hall–Kier alpha value is -1.71. The van der Waals surface area contributed by atoms with Gasteiger partial charge in [0.1, 0.15) is 0 Å². The SMILES string of the molecule is C[Si](C)=[Zr+2].Cc1[cH-]c(C)c(C)c1C.FC(F)(F)c1ccc(-c2c[cH-]c3ccccc23)cc1. The topological polar surface area (TPSA) is 0 Å². The molecule has 5 heteroatoms. The Balaban J connectivity index is 0.000000233. The number of rotatable bonds is 1. The first-order chi connectivity index (χ1) is 14.9. The van der Waals surface area contributed by atoms with Gasteiger partial charge < -0.3 is 0 Å². The molecular weight excluding hydrogens is 501 g/mol. The molecule has 0 saturated heterocycles. The molecule has 0 heterocycles. The van der Waals surface area contributed by atoms with E-state index in [2.05, 4.69) is 46.9 Å². The second-order valence-corrected chi connectivity index (χ2v) is 17.5. The fraction of sp³-hybridized carbons (Fsp3) is 0.259. The van der Waals surface area contributed by atoms with Gasteiger partial charge in [0.2, 0.25) is 0 Å². The molecule has 0 spiro atoms. The maximum Gasteiger partial charge on any atom is 0.416 e. The molecule has 0 fully saturated rings. The van der Waals surface area contributed by atoms with Gasteiger partial charge in [-0.1, -0.05) is 63.6 Å². The van der Waals surface area contributed by atoms with Crippen molar-refractivity contribution in [3.8, 4) is 11.1 Å². The molecule has 0 aliphatic rings. The zero-order chi connectivity index (χ0) is 24.1. The first-order valence-electron chi connectivity index (χ1n) is 10.5. The van der Waals surface area contributed by atoms with Gasteiger partial charge in [-0.15, -0.1) is 46.7 Å². The van der Waals surface area contributed by atoms with E-state index in [-0.39, 0.29) is 5.43 Å². The van der Waals surface area contributed by atoms with Crippen molar-refractivity contribution in [2.24, 2.45) is 0 Å². The molecule has 0 nitrogen and oxygen atoms in total. The zero-order valence-corrected chi connectivity index (χ0v) is 22.9. The van der Waals surface area contributed by atoms with E-state index >= 15 is 0 Å². The predicted octanol–water partition coefficient (Wildman–Crippen LogP) is 8.67. The maximum atomic E-state index is 12.5. The summed E-state index contributed by atoms with van der Waals surface area (Å²) in [5, 5.41) is 2.15. The predicted molar refractivity (Wildman–Crippen MR) is 128 cm³/mol. The van der Waals surface area contributed by atoms with Crippen LogP contribution < -0.4 is 0 Å². The monoisotopic (exact) mass is 528 g/mol. The Bertz CT molecular complexity index is 1150. The molecule has 0 aliphatic carbocycles. The number of alkyl halides is 3. The van der Waals surface area contributed by atoms with Crippen LogP contribution in [0.1, 0.15) is 27.8 Å². The smallest absolute Gasteiger partial charge is 0.196 e. The normalized spacial score (nSPS) is 10.8. The van der Waals surface area contributed by atoms with Gasteiger partial charge in [0.25, 0.3) is 0 Å². The van der Waals surface area contributed by atoms with Crippen LogP contribution >= 0.6 is 0 Å². The molecule has 32 heavy (non-hydrogen) atoms. The van der Waals surface area contributed by atoms with E-state index in [1.165, 1.54) is 34.4 Å². The van der Waals surface area contributed by atoms with E-state index in [0.717, 1.165) is 34.0 Å².